The fourth-order valence-electron chi connectivity index (χ4n) is 2.68. The highest BCUT2D eigenvalue weighted by Crippen LogP contribution is 2.22. The van der Waals surface area contributed by atoms with Crippen LogP contribution in [0.15, 0.2) is 60.7 Å². The Labute approximate surface area is 176 Å². The smallest absolute Gasteiger partial charge is 0.251 e. The fraction of sp³-hybridized carbons (Fsp3) is 0.100. The van der Waals surface area contributed by atoms with Crippen LogP contribution in [-0.4, -0.2) is 38.9 Å². The molecule has 0 aliphatic carbocycles. The van der Waals surface area contributed by atoms with Crippen LogP contribution < -0.4 is 10.1 Å². The summed E-state index contributed by atoms with van der Waals surface area (Å²) in [5.74, 6) is 0.762. The van der Waals surface area contributed by atoms with Gasteiger partial charge in [0.15, 0.2) is 11.5 Å². The Kier molecular flexibility index (Phi) is 5.59. The van der Waals surface area contributed by atoms with Gasteiger partial charge in [0.1, 0.15) is 6.61 Å². The van der Waals surface area contributed by atoms with Crippen molar-refractivity contribution < 1.29 is 9.53 Å². The molecule has 0 radical (unpaired) electrons. The second kappa shape index (κ2) is 8.46. The van der Waals surface area contributed by atoms with Crippen LogP contribution in [0.2, 0.25) is 10.0 Å². The summed E-state index contributed by atoms with van der Waals surface area (Å²) >= 11 is 11.8. The second-order valence-corrected chi connectivity index (χ2v) is 6.88. The molecule has 0 aliphatic rings. The van der Waals surface area contributed by atoms with Crippen molar-refractivity contribution in [3.8, 4) is 17.3 Å². The Morgan fingerprint density at radius 3 is 2.62 bits per heavy atom. The minimum atomic E-state index is -0.263. The Bertz CT molecular complexity index is 1160. The number of ether oxygens (including phenoxy) is 1. The average molecular weight is 428 g/mol. The molecule has 29 heavy (non-hydrogen) atoms. The number of amides is 1. The Morgan fingerprint density at radius 2 is 1.83 bits per heavy atom. The maximum absolute atomic E-state index is 12.2. The van der Waals surface area contributed by atoms with E-state index in [2.05, 4.69) is 20.6 Å². The molecule has 2 heterocycles. The lowest BCUT2D eigenvalue weighted by atomic mass is 10.2. The summed E-state index contributed by atoms with van der Waals surface area (Å²) in [5.41, 5.74) is 1.94. The highest BCUT2D eigenvalue weighted by atomic mass is 35.5. The number of hydrogen-bond acceptors (Lipinski definition) is 5. The molecule has 0 saturated heterocycles. The molecule has 0 saturated carbocycles. The van der Waals surface area contributed by atoms with Crippen LogP contribution in [0.5, 0.6) is 5.88 Å². The van der Waals surface area contributed by atoms with E-state index in [4.69, 9.17) is 27.9 Å². The monoisotopic (exact) mass is 427 g/mol. The SMILES string of the molecule is O=C(NCCOc1ccc2nnc(-c3ccccc3)n2n1)c1ccc(Cl)c(Cl)c1. The first-order chi connectivity index (χ1) is 14.1. The van der Waals surface area contributed by atoms with Gasteiger partial charge in [-0.2, -0.15) is 4.52 Å². The number of fused-ring (bicyclic) bond motifs is 1. The highest BCUT2D eigenvalue weighted by Gasteiger charge is 2.11. The predicted molar refractivity (Wildman–Crippen MR) is 111 cm³/mol. The normalized spacial score (nSPS) is 10.8. The van der Waals surface area contributed by atoms with Gasteiger partial charge in [0, 0.05) is 17.2 Å². The summed E-state index contributed by atoms with van der Waals surface area (Å²) in [5, 5.41) is 16.2. The van der Waals surface area contributed by atoms with E-state index in [0.717, 1.165) is 5.56 Å². The zero-order valence-electron chi connectivity index (χ0n) is 15.0. The van der Waals surface area contributed by atoms with Gasteiger partial charge >= 0.3 is 0 Å². The number of hydrogen-bond donors (Lipinski definition) is 1. The van der Waals surface area contributed by atoms with Gasteiger partial charge in [-0.1, -0.05) is 53.5 Å². The molecule has 0 unspecified atom stereocenters. The summed E-state index contributed by atoms with van der Waals surface area (Å²) in [6.07, 6.45) is 0. The van der Waals surface area contributed by atoms with Crippen molar-refractivity contribution >= 4 is 34.8 Å². The standard InChI is InChI=1S/C20H15Cl2N5O2/c21-15-7-6-14(12-16(15)22)20(28)23-10-11-29-18-9-8-17-24-25-19(27(17)26-18)13-4-2-1-3-5-13/h1-9,12H,10-11H2,(H,23,28). The molecule has 0 spiro atoms. The molecule has 0 atom stereocenters. The van der Waals surface area contributed by atoms with E-state index >= 15 is 0 Å². The maximum atomic E-state index is 12.2. The van der Waals surface area contributed by atoms with E-state index < -0.39 is 0 Å². The number of rotatable bonds is 6. The fourth-order valence-corrected chi connectivity index (χ4v) is 2.97. The molecular weight excluding hydrogens is 413 g/mol. The summed E-state index contributed by atoms with van der Waals surface area (Å²) in [7, 11) is 0. The van der Waals surface area contributed by atoms with Gasteiger partial charge < -0.3 is 10.1 Å². The largest absolute Gasteiger partial charge is 0.475 e. The first kappa shape index (κ1) is 19.2. The molecule has 0 aliphatic heterocycles. The summed E-state index contributed by atoms with van der Waals surface area (Å²) in [6, 6.07) is 17.8. The zero-order valence-corrected chi connectivity index (χ0v) is 16.6. The van der Waals surface area contributed by atoms with E-state index in [1.807, 2.05) is 30.3 Å². The minimum absolute atomic E-state index is 0.244. The van der Waals surface area contributed by atoms with Crippen molar-refractivity contribution in [1.82, 2.24) is 25.1 Å². The van der Waals surface area contributed by atoms with Gasteiger partial charge in [0.25, 0.3) is 5.91 Å². The Hall–Kier alpha value is -3.16. The molecule has 0 fully saturated rings. The molecular formula is C20H15Cl2N5O2. The lowest BCUT2D eigenvalue weighted by molar-refractivity contribution is 0.0946. The first-order valence-corrected chi connectivity index (χ1v) is 9.51. The summed E-state index contributed by atoms with van der Waals surface area (Å²) < 4.78 is 7.28. The molecule has 2 aromatic carbocycles. The number of carbonyl (C=O) groups is 1. The maximum Gasteiger partial charge on any atom is 0.251 e. The van der Waals surface area contributed by atoms with E-state index in [1.54, 1.807) is 28.8 Å². The van der Waals surface area contributed by atoms with Gasteiger partial charge in [0.2, 0.25) is 5.88 Å². The topological polar surface area (TPSA) is 81.4 Å². The van der Waals surface area contributed by atoms with Gasteiger partial charge in [-0.25, -0.2) is 0 Å². The number of carbonyl (C=O) groups excluding carboxylic acids is 1. The van der Waals surface area contributed by atoms with Gasteiger partial charge in [-0.05, 0) is 24.3 Å². The molecule has 4 rings (SSSR count). The Morgan fingerprint density at radius 1 is 1.00 bits per heavy atom. The number of halogens is 2. The van der Waals surface area contributed by atoms with Crippen LogP contribution in [0.1, 0.15) is 10.4 Å². The minimum Gasteiger partial charge on any atom is -0.475 e. The lowest BCUT2D eigenvalue weighted by Gasteiger charge is -2.08. The van der Waals surface area contributed by atoms with Crippen molar-refractivity contribution in [3.05, 3.63) is 76.3 Å². The molecule has 7 nitrogen and oxygen atoms in total. The van der Waals surface area contributed by atoms with Crippen LogP contribution in [-0.2, 0) is 0 Å². The average Bonchev–Trinajstić information content (AvgIpc) is 3.17. The van der Waals surface area contributed by atoms with Gasteiger partial charge in [-0.15, -0.1) is 15.3 Å². The highest BCUT2D eigenvalue weighted by molar-refractivity contribution is 6.42. The van der Waals surface area contributed by atoms with E-state index in [0.29, 0.717) is 39.5 Å². The summed E-state index contributed by atoms with van der Waals surface area (Å²) in [4.78, 5) is 12.2. The van der Waals surface area contributed by atoms with Crippen molar-refractivity contribution in [2.45, 2.75) is 0 Å². The molecule has 1 N–H and O–H groups in total. The van der Waals surface area contributed by atoms with Crippen LogP contribution in [0, 0.1) is 0 Å². The third kappa shape index (κ3) is 4.31. The van der Waals surface area contributed by atoms with E-state index in [1.165, 1.54) is 6.07 Å². The molecule has 4 aromatic rings. The van der Waals surface area contributed by atoms with Crippen LogP contribution >= 0.6 is 23.2 Å². The molecule has 146 valence electrons. The van der Waals surface area contributed by atoms with Crippen molar-refractivity contribution in [3.63, 3.8) is 0 Å². The third-order valence-corrected chi connectivity index (χ3v) is 4.83. The van der Waals surface area contributed by atoms with Crippen molar-refractivity contribution in [1.29, 1.82) is 0 Å². The molecule has 1 amide bonds. The third-order valence-electron chi connectivity index (χ3n) is 4.09. The lowest BCUT2D eigenvalue weighted by Crippen LogP contribution is -2.28. The second-order valence-electron chi connectivity index (χ2n) is 6.06. The van der Waals surface area contributed by atoms with Gasteiger partial charge in [-0.3, -0.25) is 4.79 Å². The Balaban J connectivity index is 1.38. The van der Waals surface area contributed by atoms with E-state index in [-0.39, 0.29) is 12.5 Å². The summed E-state index contributed by atoms with van der Waals surface area (Å²) in [6.45, 7) is 0.543. The molecule has 9 heteroatoms. The number of aromatic nitrogens is 4. The predicted octanol–water partition coefficient (Wildman–Crippen LogP) is 3.91. The zero-order chi connectivity index (χ0) is 20.2. The van der Waals surface area contributed by atoms with Crippen LogP contribution in [0.25, 0.3) is 17.0 Å². The molecule has 0 bridgehead atoms. The van der Waals surface area contributed by atoms with Crippen molar-refractivity contribution in [2.75, 3.05) is 13.2 Å². The van der Waals surface area contributed by atoms with Crippen LogP contribution in [0.4, 0.5) is 0 Å². The first-order valence-electron chi connectivity index (χ1n) is 8.76. The molecule has 2 aromatic heterocycles. The van der Waals surface area contributed by atoms with E-state index in [9.17, 15) is 4.79 Å². The van der Waals surface area contributed by atoms with Crippen molar-refractivity contribution in [2.24, 2.45) is 0 Å². The quantitative estimate of drug-likeness (QED) is 0.471. The number of benzene rings is 2. The van der Waals surface area contributed by atoms with Crippen LogP contribution in [0.3, 0.4) is 0 Å². The van der Waals surface area contributed by atoms with Gasteiger partial charge in [0.05, 0.1) is 16.6 Å². The number of nitrogens with one attached hydrogen (secondary N) is 1. The number of nitrogens with zero attached hydrogens (tertiary/aromatic N) is 4.